The normalized spacial score (nSPS) is 11.8. The molecule has 0 fully saturated rings. The average molecular weight is 305 g/mol. The third-order valence-electron chi connectivity index (χ3n) is 3.11. The molecular weight excluding hydrogens is 289 g/mol. The minimum absolute atomic E-state index is 0.0302. The van der Waals surface area contributed by atoms with E-state index < -0.39 is 17.7 Å². The summed E-state index contributed by atoms with van der Waals surface area (Å²) in [7, 11) is 1.26. The molecule has 0 aliphatic rings. The van der Waals surface area contributed by atoms with Crippen LogP contribution in [-0.2, 0) is 14.3 Å². The van der Waals surface area contributed by atoms with Gasteiger partial charge in [-0.1, -0.05) is 6.92 Å². The molecule has 0 radical (unpaired) electrons. The summed E-state index contributed by atoms with van der Waals surface area (Å²) in [6, 6.07) is 4.34. The molecule has 1 N–H and O–H groups in total. The molecule has 1 aromatic heterocycles. The molecule has 7 heteroatoms. The molecule has 116 valence electrons. The maximum absolute atomic E-state index is 14.0. The highest BCUT2D eigenvalue weighted by molar-refractivity contribution is 5.93. The van der Waals surface area contributed by atoms with E-state index in [4.69, 9.17) is 0 Å². The van der Waals surface area contributed by atoms with Crippen LogP contribution in [0.15, 0.2) is 36.9 Å². The molecule has 2 rings (SSSR count). The highest BCUT2D eigenvalue weighted by Crippen LogP contribution is 2.18. The van der Waals surface area contributed by atoms with Crippen LogP contribution in [0.3, 0.4) is 0 Å². The minimum Gasteiger partial charge on any atom is -0.469 e. The molecule has 0 saturated carbocycles. The van der Waals surface area contributed by atoms with E-state index in [1.54, 1.807) is 25.4 Å². The standard InChI is InChI=1S/C15H16FN3O3/c1-10(15(21)22-2)7-14(20)18-11-3-4-13(12(16)8-11)19-6-5-17-9-19/h3-6,8-10H,7H2,1-2H3,(H,18,20)/t10-/m0/s1. The van der Waals surface area contributed by atoms with Gasteiger partial charge in [-0.2, -0.15) is 0 Å². The predicted octanol–water partition coefficient (Wildman–Crippen LogP) is 2.15. The van der Waals surface area contributed by atoms with E-state index in [-0.39, 0.29) is 12.3 Å². The van der Waals surface area contributed by atoms with Gasteiger partial charge in [0.25, 0.3) is 0 Å². The van der Waals surface area contributed by atoms with Crippen molar-refractivity contribution in [3.63, 3.8) is 0 Å². The summed E-state index contributed by atoms with van der Waals surface area (Å²) in [6.45, 7) is 1.59. The van der Waals surface area contributed by atoms with Gasteiger partial charge in [0.1, 0.15) is 5.82 Å². The fraction of sp³-hybridized carbons (Fsp3) is 0.267. The molecule has 1 atom stereocenters. The lowest BCUT2D eigenvalue weighted by Gasteiger charge is -2.11. The van der Waals surface area contributed by atoms with Crippen molar-refractivity contribution in [1.29, 1.82) is 0 Å². The third-order valence-corrected chi connectivity index (χ3v) is 3.11. The number of amides is 1. The van der Waals surface area contributed by atoms with Crippen molar-refractivity contribution in [1.82, 2.24) is 9.55 Å². The second kappa shape index (κ2) is 6.84. The fourth-order valence-electron chi connectivity index (χ4n) is 1.97. The minimum atomic E-state index is -0.555. The molecule has 0 bridgehead atoms. The first-order valence-corrected chi connectivity index (χ1v) is 6.67. The number of nitrogens with zero attached hydrogens (tertiary/aromatic N) is 2. The maximum Gasteiger partial charge on any atom is 0.308 e. The Hall–Kier alpha value is -2.70. The first kappa shape index (κ1) is 15.7. The molecule has 1 amide bonds. The van der Waals surface area contributed by atoms with Crippen molar-refractivity contribution in [2.24, 2.45) is 5.92 Å². The molecule has 0 saturated heterocycles. The van der Waals surface area contributed by atoms with Crippen LogP contribution in [0.5, 0.6) is 0 Å². The largest absolute Gasteiger partial charge is 0.469 e. The Morgan fingerprint density at radius 1 is 1.45 bits per heavy atom. The van der Waals surface area contributed by atoms with Gasteiger partial charge in [0.15, 0.2) is 0 Å². The summed E-state index contributed by atoms with van der Waals surface area (Å²) in [5.74, 6) is -1.89. The number of carbonyl (C=O) groups is 2. The van der Waals surface area contributed by atoms with Gasteiger partial charge in [-0.3, -0.25) is 9.59 Å². The number of aromatic nitrogens is 2. The number of hydrogen-bond acceptors (Lipinski definition) is 4. The zero-order valence-corrected chi connectivity index (χ0v) is 12.2. The Bertz CT molecular complexity index is 671. The first-order valence-electron chi connectivity index (χ1n) is 6.67. The summed E-state index contributed by atoms with van der Waals surface area (Å²) in [5.41, 5.74) is 0.654. The molecule has 6 nitrogen and oxygen atoms in total. The summed E-state index contributed by atoms with van der Waals surface area (Å²) in [5, 5.41) is 2.55. The number of rotatable bonds is 5. The molecule has 0 unspecified atom stereocenters. The second-order valence-corrected chi connectivity index (χ2v) is 4.81. The number of esters is 1. The van der Waals surface area contributed by atoms with Crippen LogP contribution in [0.25, 0.3) is 5.69 Å². The van der Waals surface area contributed by atoms with Crippen molar-refractivity contribution < 1.29 is 18.7 Å². The Morgan fingerprint density at radius 3 is 2.82 bits per heavy atom. The van der Waals surface area contributed by atoms with Crippen molar-refractivity contribution in [2.75, 3.05) is 12.4 Å². The average Bonchev–Trinajstić information content (AvgIpc) is 3.00. The van der Waals surface area contributed by atoms with Crippen LogP contribution in [0, 0.1) is 11.7 Å². The Balaban J connectivity index is 2.03. The van der Waals surface area contributed by atoms with Crippen LogP contribution < -0.4 is 5.32 Å². The van der Waals surface area contributed by atoms with Crippen LogP contribution in [0.1, 0.15) is 13.3 Å². The van der Waals surface area contributed by atoms with E-state index in [0.717, 1.165) is 0 Å². The highest BCUT2D eigenvalue weighted by atomic mass is 19.1. The number of ether oxygens (including phenoxy) is 1. The lowest BCUT2D eigenvalue weighted by atomic mass is 10.1. The van der Waals surface area contributed by atoms with Gasteiger partial charge in [0, 0.05) is 24.5 Å². The summed E-state index contributed by atoms with van der Waals surface area (Å²) in [6.07, 6.45) is 4.62. The molecule has 1 aromatic carbocycles. The number of hydrogen-bond donors (Lipinski definition) is 1. The number of carbonyl (C=O) groups excluding carboxylic acids is 2. The van der Waals surface area contributed by atoms with Crippen molar-refractivity contribution in [3.05, 3.63) is 42.7 Å². The van der Waals surface area contributed by atoms with Gasteiger partial charge in [-0.15, -0.1) is 0 Å². The van der Waals surface area contributed by atoms with E-state index in [1.165, 1.54) is 30.1 Å². The number of methoxy groups -OCH3 is 1. The van der Waals surface area contributed by atoms with Gasteiger partial charge in [0.2, 0.25) is 5.91 Å². The Morgan fingerprint density at radius 2 is 2.23 bits per heavy atom. The van der Waals surface area contributed by atoms with E-state index in [2.05, 4.69) is 15.0 Å². The second-order valence-electron chi connectivity index (χ2n) is 4.81. The first-order chi connectivity index (χ1) is 10.5. The fourth-order valence-corrected chi connectivity index (χ4v) is 1.97. The summed E-state index contributed by atoms with van der Waals surface area (Å²) < 4.78 is 20.1. The lowest BCUT2D eigenvalue weighted by molar-refractivity contribution is -0.146. The number of benzene rings is 1. The van der Waals surface area contributed by atoms with Crippen LogP contribution >= 0.6 is 0 Å². The molecule has 22 heavy (non-hydrogen) atoms. The Labute approximate surface area is 126 Å². The number of imidazole rings is 1. The molecule has 0 spiro atoms. The zero-order valence-electron chi connectivity index (χ0n) is 12.2. The van der Waals surface area contributed by atoms with Gasteiger partial charge in [-0.05, 0) is 18.2 Å². The van der Waals surface area contributed by atoms with Gasteiger partial charge >= 0.3 is 5.97 Å². The van der Waals surface area contributed by atoms with Crippen molar-refractivity contribution in [3.8, 4) is 5.69 Å². The van der Waals surface area contributed by atoms with Gasteiger partial charge in [0.05, 0.1) is 25.0 Å². The van der Waals surface area contributed by atoms with E-state index >= 15 is 0 Å². The number of anilines is 1. The number of nitrogens with one attached hydrogen (secondary N) is 1. The van der Waals surface area contributed by atoms with Crippen LogP contribution in [-0.4, -0.2) is 28.5 Å². The number of halogens is 1. The zero-order chi connectivity index (χ0) is 16.1. The quantitative estimate of drug-likeness (QED) is 0.859. The third kappa shape index (κ3) is 3.69. The van der Waals surface area contributed by atoms with Crippen LogP contribution in [0.2, 0.25) is 0 Å². The van der Waals surface area contributed by atoms with Crippen molar-refractivity contribution in [2.45, 2.75) is 13.3 Å². The lowest BCUT2D eigenvalue weighted by Crippen LogP contribution is -2.21. The SMILES string of the molecule is COC(=O)[C@@H](C)CC(=O)Nc1ccc(-n2ccnc2)c(F)c1. The monoisotopic (exact) mass is 305 g/mol. The highest BCUT2D eigenvalue weighted by Gasteiger charge is 2.17. The molecule has 2 aromatic rings. The summed E-state index contributed by atoms with van der Waals surface area (Å²) in [4.78, 5) is 26.9. The van der Waals surface area contributed by atoms with Gasteiger partial charge < -0.3 is 14.6 Å². The predicted molar refractivity (Wildman–Crippen MR) is 77.9 cm³/mol. The van der Waals surface area contributed by atoms with Crippen LogP contribution in [0.4, 0.5) is 10.1 Å². The Kier molecular flexibility index (Phi) is 4.88. The topological polar surface area (TPSA) is 73.2 Å². The van der Waals surface area contributed by atoms with Crippen molar-refractivity contribution >= 4 is 17.6 Å². The van der Waals surface area contributed by atoms with Gasteiger partial charge in [-0.25, -0.2) is 9.37 Å². The van der Waals surface area contributed by atoms with E-state index in [1.807, 2.05) is 0 Å². The summed E-state index contributed by atoms with van der Waals surface area (Å²) >= 11 is 0. The molecular formula is C15H16FN3O3. The van der Waals surface area contributed by atoms with E-state index in [9.17, 15) is 14.0 Å². The maximum atomic E-state index is 14.0. The molecule has 0 aliphatic carbocycles. The molecule has 1 heterocycles. The smallest absolute Gasteiger partial charge is 0.308 e. The molecule has 0 aliphatic heterocycles. The van der Waals surface area contributed by atoms with E-state index in [0.29, 0.717) is 11.4 Å².